The smallest absolute Gasteiger partial charge is 0.233 e. The van der Waals surface area contributed by atoms with E-state index < -0.39 is 10.0 Å². The molecule has 7 heteroatoms. The molecule has 0 radical (unpaired) electrons. The molecule has 0 spiro atoms. The molecule has 6 nitrogen and oxygen atoms in total. The topological polar surface area (TPSA) is 88.4 Å². The van der Waals surface area contributed by atoms with E-state index in [1.807, 2.05) is 6.07 Å². The van der Waals surface area contributed by atoms with E-state index in [4.69, 9.17) is 14.7 Å². The van der Waals surface area contributed by atoms with Crippen molar-refractivity contribution in [2.75, 3.05) is 24.7 Å². The number of rotatable bonds is 7. The van der Waals surface area contributed by atoms with Crippen molar-refractivity contribution in [1.29, 1.82) is 5.26 Å². The fourth-order valence-electron chi connectivity index (χ4n) is 2.17. The van der Waals surface area contributed by atoms with E-state index in [0.717, 1.165) is 5.56 Å². The van der Waals surface area contributed by atoms with Crippen LogP contribution in [0.15, 0.2) is 42.5 Å². The highest BCUT2D eigenvalue weighted by Gasteiger charge is 2.12. The largest absolute Gasteiger partial charge is 0.493 e. The molecule has 0 amide bonds. The second kappa shape index (κ2) is 7.70. The van der Waals surface area contributed by atoms with Crippen molar-refractivity contribution in [2.24, 2.45) is 0 Å². The molecule has 1 N–H and O–H groups in total. The molecule has 0 aromatic heterocycles. The molecule has 126 valence electrons. The Balaban J connectivity index is 2.06. The van der Waals surface area contributed by atoms with Gasteiger partial charge in [-0.1, -0.05) is 12.1 Å². The van der Waals surface area contributed by atoms with Crippen LogP contribution in [-0.4, -0.2) is 28.4 Å². The van der Waals surface area contributed by atoms with E-state index in [-0.39, 0.29) is 5.75 Å². The number of aryl methyl sites for hydroxylation is 1. The molecular formula is C17H18N2O4S. The van der Waals surface area contributed by atoms with Gasteiger partial charge in [-0.2, -0.15) is 5.26 Å². The van der Waals surface area contributed by atoms with Gasteiger partial charge in [-0.05, 0) is 42.3 Å². The van der Waals surface area contributed by atoms with Gasteiger partial charge in [-0.15, -0.1) is 0 Å². The van der Waals surface area contributed by atoms with Gasteiger partial charge >= 0.3 is 0 Å². The number of ether oxygens (including phenoxy) is 2. The quantitative estimate of drug-likeness (QED) is 0.832. The van der Waals surface area contributed by atoms with Crippen molar-refractivity contribution in [3.05, 3.63) is 53.6 Å². The maximum absolute atomic E-state index is 12.2. The third kappa shape index (κ3) is 4.64. The Morgan fingerprint density at radius 3 is 2.50 bits per heavy atom. The number of methoxy groups -OCH3 is 2. The van der Waals surface area contributed by atoms with Crippen molar-refractivity contribution in [3.8, 4) is 17.6 Å². The molecule has 0 atom stereocenters. The monoisotopic (exact) mass is 346 g/mol. The summed E-state index contributed by atoms with van der Waals surface area (Å²) >= 11 is 0. The molecule has 0 aliphatic heterocycles. The summed E-state index contributed by atoms with van der Waals surface area (Å²) in [7, 11) is -0.452. The lowest BCUT2D eigenvalue weighted by molar-refractivity contribution is 0.354. The Hall–Kier alpha value is -2.72. The Morgan fingerprint density at radius 1 is 1.08 bits per heavy atom. The molecule has 0 heterocycles. The van der Waals surface area contributed by atoms with Gasteiger partial charge in [0.15, 0.2) is 11.5 Å². The second-order valence-electron chi connectivity index (χ2n) is 5.05. The minimum atomic E-state index is -3.52. The molecule has 0 aliphatic rings. The van der Waals surface area contributed by atoms with Gasteiger partial charge in [-0.25, -0.2) is 8.42 Å². The summed E-state index contributed by atoms with van der Waals surface area (Å²) in [4.78, 5) is 0. The zero-order valence-electron chi connectivity index (χ0n) is 13.4. The van der Waals surface area contributed by atoms with Crippen LogP contribution in [0, 0.1) is 11.3 Å². The summed E-state index contributed by atoms with van der Waals surface area (Å²) in [6.07, 6.45) is 0.327. The van der Waals surface area contributed by atoms with Crippen LogP contribution in [0.4, 0.5) is 5.69 Å². The fraction of sp³-hybridized carbons (Fsp3) is 0.235. The molecule has 0 bridgehead atoms. The van der Waals surface area contributed by atoms with E-state index >= 15 is 0 Å². The number of hydrogen-bond acceptors (Lipinski definition) is 5. The molecule has 2 aromatic rings. The van der Waals surface area contributed by atoms with Crippen LogP contribution >= 0.6 is 0 Å². The van der Waals surface area contributed by atoms with Gasteiger partial charge in [0.1, 0.15) is 0 Å². The lowest BCUT2D eigenvalue weighted by Gasteiger charge is -2.11. The Labute approximate surface area is 141 Å². The second-order valence-corrected chi connectivity index (χ2v) is 6.89. The van der Waals surface area contributed by atoms with Crippen LogP contribution in [0.1, 0.15) is 11.1 Å². The first kappa shape index (κ1) is 17.6. The molecule has 2 aromatic carbocycles. The normalized spacial score (nSPS) is 10.7. The summed E-state index contributed by atoms with van der Waals surface area (Å²) in [5.41, 5.74) is 1.60. The molecule has 0 unspecified atom stereocenters. The lowest BCUT2D eigenvalue weighted by Crippen LogP contribution is -2.18. The van der Waals surface area contributed by atoms with Gasteiger partial charge in [-0.3, -0.25) is 4.72 Å². The molecule has 0 fully saturated rings. The number of anilines is 1. The van der Waals surface area contributed by atoms with E-state index in [0.29, 0.717) is 29.2 Å². The zero-order chi connectivity index (χ0) is 17.6. The van der Waals surface area contributed by atoms with Crippen LogP contribution in [0.5, 0.6) is 11.5 Å². The molecule has 0 saturated heterocycles. The summed E-state index contributed by atoms with van der Waals surface area (Å²) in [5, 5.41) is 8.86. The van der Waals surface area contributed by atoms with Gasteiger partial charge in [0.2, 0.25) is 10.0 Å². The zero-order valence-corrected chi connectivity index (χ0v) is 14.3. The molecule has 24 heavy (non-hydrogen) atoms. The van der Waals surface area contributed by atoms with Gasteiger partial charge in [0, 0.05) is 5.69 Å². The van der Waals surface area contributed by atoms with E-state index in [1.165, 1.54) is 13.2 Å². The van der Waals surface area contributed by atoms with Crippen molar-refractivity contribution in [1.82, 2.24) is 0 Å². The third-order valence-corrected chi connectivity index (χ3v) is 4.66. The highest BCUT2D eigenvalue weighted by molar-refractivity contribution is 7.92. The Kier molecular flexibility index (Phi) is 5.66. The molecule has 0 aliphatic carbocycles. The first-order valence-electron chi connectivity index (χ1n) is 7.19. The Bertz CT molecular complexity index is 857. The lowest BCUT2D eigenvalue weighted by atomic mass is 10.1. The SMILES string of the molecule is COc1ccc(CCS(=O)(=O)Nc2cccc(C#N)c2)cc1OC. The van der Waals surface area contributed by atoms with Gasteiger partial charge in [0.05, 0.1) is 31.6 Å². The molecular weight excluding hydrogens is 328 g/mol. The molecule has 0 saturated carbocycles. The minimum absolute atomic E-state index is 0.0841. The van der Waals surface area contributed by atoms with Crippen LogP contribution in [-0.2, 0) is 16.4 Å². The maximum atomic E-state index is 12.2. The summed E-state index contributed by atoms with van der Waals surface area (Å²) in [6, 6.07) is 13.6. The Morgan fingerprint density at radius 2 is 1.83 bits per heavy atom. The van der Waals surface area contributed by atoms with E-state index in [9.17, 15) is 8.42 Å². The van der Waals surface area contributed by atoms with Crippen molar-refractivity contribution >= 4 is 15.7 Å². The van der Waals surface area contributed by atoms with Gasteiger partial charge < -0.3 is 9.47 Å². The van der Waals surface area contributed by atoms with Crippen molar-refractivity contribution in [3.63, 3.8) is 0 Å². The van der Waals surface area contributed by atoms with Crippen LogP contribution in [0.25, 0.3) is 0 Å². The first-order chi connectivity index (χ1) is 11.5. The predicted molar refractivity (Wildman–Crippen MR) is 91.8 cm³/mol. The van der Waals surface area contributed by atoms with Crippen LogP contribution < -0.4 is 14.2 Å². The van der Waals surface area contributed by atoms with E-state index in [2.05, 4.69) is 4.72 Å². The maximum Gasteiger partial charge on any atom is 0.233 e. The number of benzene rings is 2. The third-order valence-electron chi connectivity index (χ3n) is 3.37. The number of nitrogens with zero attached hydrogens (tertiary/aromatic N) is 1. The number of sulfonamides is 1. The van der Waals surface area contributed by atoms with Crippen molar-refractivity contribution < 1.29 is 17.9 Å². The van der Waals surface area contributed by atoms with E-state index in [1.54, 1.807) is 43.5 Å². The van der Waals surface area contributed by atoms with Crippen LogP contribution in [0.2, 0.25) is 0 Å². The van der Waals surface area contributed by atoms with Crippen LogP contribution in [0.3, 0.4) is 0 Å². The first-order valence-corrected chi connectivity index (χ1v) is 8.84. The summed E-state index contributed by atoms with van der Waals surface area (Å²) in [5.74, 6) is 1.07. The highest BCUT2D eigenvalue weighted by Crippen LogP contribution is 2.27. The fourth-order valence-corrected chi connectivity index (χ4v) is 3.26. The number of nitriles is 1. The minimum Gasteiger partial charge on any atom is -0.493 e. The predicted octanol–water partition coefficient (Wildman–Crippen LogP) is 2.56. The van der Waals surface area contributed by atoms with Crippen molar-refractivity contribution in [2.45, 2.75) is 6.42 Å². The van der Waals surface area contributed by atoms with Gasteiger partial charge in [0.25, 0.3) is 0 Å². The standard InChI is InChI=1S/C17H18N2O4S/c1-22-16-7-6-13(11-17(16)23-2)8-9-24(20,21)19-15-5-3-4-14(10-15)12-18/h3-7,10-11,19H,8-9H2,1-2H3. The highest BCUT2D eigenvalue weighted by atomic mass is 32.2. The summed E-state index contributed by atoms with van der Waals surface area (Å²) in [6.45, 7) is 0. The molecule has 2 rings (SSSR count). The number of nitrogens with one attached hydrogen (secondary N) is 1. The summed E-state index contributed by atoms with van der Waals surface area (Å²) < 4.78 is 37.2. The average molecular weight is 346 g/mol. The number of hydrogen-bond donors (Lipinski definition) is 1. The average Bonchev–Trinajstić information content (AvgIpc) is 2.59.